The monoisotopic (exact) mass is 364 g/mol. The van der Waals surface area contributed by atoms with Gasteiger partial charge in [0.15, 0.2) is 0 Å². The fraction of sp³-hybridized carbons (Fsp3) is 0.529. The van der Waals surface area contributed by atoms with Crippen molar-refractivity contribution in [2.75, 3.05) is 26.2 Å². The van der Waals surface area contributed by atoms with Crippen LogP contribution in [0.25, 0.3) is 0 Å². The molecule has 2 heterocycles. The summed E-state index contributed by atoms with van der Waals surface area (Å²) in [5.41, 5.74) is 0.701. The zero-order chi connectivity index (χ0) is 15.5. The van der Waals surface area contributed by atoms with Crippen LogP contribution in [0, 0.1) is 5.92 Å². The molecule has 1 aromatic carbocycles. The van der Waals surface area contributed by atoms with E-state index >= 15 is 0 Å². The predicted octanol–water partition coefficient (Wildman–Crippen LogP) is 2.92. The Morgan fingerprint density at radius 3 is 2.23 bits per heavy atom. The fourth-order valence-corrected chi connectivity index (χ4v) is 3.78. The van der Waals surface area contributed by atoms with Crippen molar-refractivity contribution >= 4 is 27.7 Å². The lowest BCUT2D eigenvalue weighted by Gasteiger charge is -2.33. The zero-order valence-corrected chi connectivity index (χ0v) is 14.2. The van der Waals surface area contributed by atoms with E-state index in [0.717, 1.165) is 43.2 Å². The summed E-state index contributed by atoms with van der Waals surface area (Å²) in [6.45, 7) is 3.17. The SMILES string of the molecule is O=C(c1ccccc1Br)N1CCC(C(=O)N2CCCC2)CC1. The summed E-state index contributed by atoms with van der Waals surface area (Å²) < 4.78 is 0.829. The van der Waals surface area contributed by atoms with E-state index in [-0.39, 0.29) is 11.8 Å². The van der Waals surface area contributed by atoms with Gasteiger partial charge in [-0.05, 0) is 53.7 Å². The maximum Gasteiger partial charge on any atom is 0.254 e. The summed E-state index contributed by atoms with van der Waals surface area (Å²) >= 11 is 3.43. The Hall–Kier alpha value is -1.36. The predicted molar refractivity (Wildman–Crippen MR) is 88.6 cm³/mol. The minimum atomic E-state index is 0.0551. The lowest BCUT2D eigenvalue weighted by Crippen LogP contribution is -2.43. The topological polar surface area (TPSA) is 40.6 Å². The normalized spacial score (nSPS) is 19.5. The Labute approximate surface area is 139 Å². The Morgan fingerprint density at radius 1 is 0.955 bits per heavy atom. The molecule has 2 fully saturated rings. The fourth-order valence-electron chi connectivity index (χ4n) is 3.33. The number of hydrogen-bond acceptors (Lipinski definition) is 2. The van der Waals surface area contributed by atoms with Crippen molar-refractivity contribution in [1.29, 1.82) is 0 Å². The van der Waals surface area contributed by atoms with Crippen molar-refractivity contribution < 1.29 is 9.59 Å². The highest BCUT2D eigenvalue weighted by atomic mass is 79.9. The molecule has 0 aromatic heterocycles. The molecule has 0 atom stereocenters. The molecular weight excluding hydrogens is 344 g/mol. The van der Waals surface area contributed by atoms with Gasteiger partial charge in [-0.1, -0.05) is 12.1 Å². The molecule has 0 radical (unpaired) electrons. The highest BCUT2D eigenvalue weighted by Crippen LogP contribution is 2.25. The molecule has 2 saturated heterocycles. The van der Waals surface area contributed by atoms with Gasteiger partial charge in [-0.25, -0.2) is 0 Å². The Balaban J connectivity index is 1.58. The lowest BCUT2D eigenvalue weighted by atomic mass is 9.95. The summed E-state index contributed by atoms with van der Waals surface area (Å²) in [5.74, 6) is 0.450. The molecule has 2 aliphatic heterocycles. The molecular formula is C17H21BrN2O2. The van der Waals surface area contributed by atoms with Crippen LogP contribution in [-0.4, -0.2) is 47.8 Å². The summed E-state index contributed by atoms with van der Waals surface area (Å²) in [6, 6.07) is 7.51. The van der Waals surface area contributed by atoms with E-state index < -0.39 is 0 Å². The van der Waals surface area contributed by atoms with Gasteiger partial charge in [-0.3, -0.25) is 9.59 Å². The number of benzene rings is 1. The standard InChI is InChI=1S/C17H21BrN2O2/c18-15-6-2-1-5-14(15)17(22)20-11-7-13(8-12-20)16(21)19-9-3-4-10-19/h1-2,5-6,13H,3-4,7-12H2. The van der Waals surface area contributed by atoms with Crippen molar-refractivity contribution in [3.63, 3.8) is 0 Å². The second-order valence-corrected chi connectivity index (χ2v) is 6.93. The third-order valence-electron chi connectivity index (χ3n) is 4.65. The van der Waals surface area contributed by atoms with E-state index in [1.54, 1.807) is 0 Å². The summed E-state index contributed by atoms with van der Waals surface area (Å²) in [7, 11) is 0. The van der Waals surface area contributed by atoms with E-state index in [2.05, 4.69) is 15.9 Å². The number of carbonyl (C=O) groups is 2. The van der Waals surface area contributed by atoms with Crippen LogP contribution in [0.15, 0.2) is 28.7 Å². The van der Waals surface area contributed by atoms with Crippen LogP contribution < -0.4 is 0 Å². The maximum absolute atomic E-state index is 12.6. The summed E-state index contributed by atoms with van der Waals surface area (Å²) in [5, 5.41) is 0. The number of hydrogen-bond donors (Lipinski definition) is 0. The second kappa shape index (κ2) is 6.82. The molecule has 1 aromatic rings. The van der Waals surface area contributed by atoms with E-state index in [9.17, 15) is 9.59 Å². The first-order chi connectivity index (χ1) is 10.7. The van der Waals surface area contributed by atoms with Crippen LogP contribution in [0.4, 0.5) is 0 Å². The molecule has 3 rings (SSSR count). The number of carbonyl (C=O) groups excluding carboxylic acids is 2. The molecule has 0 bridgehead atoms. The summed E-state index contributed by atoms with van der Waals surface area (Å²) in [6.07, 6.45) is 3.83. The first-order valence-corrected chi connectivity index (χ1v) is 8.78. The molecule has 2 amide bonds. The first-order valence-electron chi connectivity index (χ1n) is 7.99. The van der Waals surface area contributed by atoms with E-state index in [0.29, 0.717) is 24.6 Å². The average molecular weight is 365 g/mol. The molecule has 22 heavy (non-hydrogen) atoms. The van der Waals surface area contributed by atoms with Crippen LogP contribution in [0.3, 0.4) is 0 Å². The minimum absolute atomic E-state index is 0.0551. The van der Waals surface area contributed by atoms with Gasteiger partial charge in [0.05, 0.1) is 5.56 Å². The lowest BCUT2D eigenvalue weighted by molar-refractivity contribution is -0.135. The number of piperidine rings is 1. The van der Waals surface area contributed by atoms with Crippen molar-refractivity contribution in [2.45, 2.75) is 25.7 Å². The molecule has 0 N–H and O–H groups in total. The van der Waals surface area contributed by atoms with Crippen LogP contribution >= 0.6 is 15.9 Å². The third kappa shape index (κ3) is 3.19. The van der Waals surface area contributed by atoms with E-state index in [4.69, 9.17) is 0 Å². The van der Waals surface area contributed by atoms with Crippen LogP contribution in [0.2, 0.25) is 0 Å². The minimum Gasteiger partial charge on any atom is -0.342 e. The largest absolute Gasteiger partial charge is 0.342 e. The molecule has 4 nitrogen and oxygen atoms in total. The van der Waals surface area contributed by atoms with E-state index in [1.807, 2.05) is 34.1 Å². The molecule has 0 aliphatic carbocycles. The van der Waals surface area contributed by atoms with Gasteiger partial charge < -0.3 is 9.80 Å². The maximum atomic E-state index is 12.6. The van der Waals surface area contributed by atoms with Crippen molar-refractivity contribution in [1.82, 2.24) is 9.80 Å². The highest BCUT2D eigenvalue weighted by molar-refractivity contribution is 9.10. The van der Waals surface area contributed by atoms with Crippen LogP contribution in [0.1, 0.15) is 36.0 Å². The number of nitrogens with zero attached hydrogens (tertiary/aromatic N) is 2. The van der Waals surface area contributed by atoms with Gasteiger partial charge >= 0.3 is 0 Å². The van der Waals surface area contributed by atoms with Gasteiger partial charge in [-0.15, -0.1) is 0 Å². The molecule has 0 spiro atoms. The van der Waals surface area contributed by atoms with E-state index in [1.165, 1.54) is 0 Å². The first kappa shape index (κ1) is 15.5. The smallest absolute Gasteiger partial charge is 0.254 e. The van der Waals surface area contributed by atoms with Crippen LogP contribution in [0.5, 0.6) is 0 Å². The van der Waals surface area contributed by atoms with Crippen molar-refractivity contribution in [3.8, 4) is 0 Å². The quantitative estimate of drug-likeness (QED) is 0.809. The third-order valence-corrected chi connectivity index (χ3v) is 5.34. The Bertz CT molecular complexity index is 562. The molecule has 0 saturated carbocycles. The number of halogens is 1. The van der Waals surface area contributed by atoms with Crippen molar-refractivity contribution in [3.05, 3.63) is 34.3 Å². The average Bonchev–Trinajstić information content (AvgIpc) is 3.09. The van der Waals surface area contributed by atoms with Gasteiger partial charge in [0, 0.05) is 36.6 Å². The van der Waals surface area contributed by atoms with Gasteiger partial charge in [0.25, 0.3) is 5.91 Å². The van der Waals surface area contributed by atoms with Gasteiger partial charge in [0.1, 0.15) is 0 Å². The van der Waals surface area contributed by atoms with Gasteiger partial charge in [0.2, 0.25) is 5.91 Å². The molecule has 118 valence electrons. The molecule has 5 heteroatoms. The highest BCUT2D eigenvalue weighted by Gasteiger charge is 2.31. The zero-order valence-electron chi connectivity index (χ0n) is 12.6. The molecule has 2 aliphatic rings. The Morgan fingerprint density at radius 2 is 1.59 bits per heavy atom. The van der Waals surface area contributed by atoms with Crippen LogP contribution in [-0.2, 0) is 4.79 Å². The second-order valence-electron chi connectivity index (χ2n) is 6.08. The number of amides is 2. The number of rotatable bonds is 2. The van der Waals surface area contributed by atoms with Crippen molar-refractivity contribution in [2.24, 2.45) is 5.92 Å². The number of likely N-dealkylation sites (tertiary alicyclic amines) is 2. The summed E-state index contributed by atoms with van der Waals surface area (Å²) in [4.78, 5) is 28.8. The van der Waals surface area contributed by atoms with Gasteiger partial charge in [-0.2, -0.15) is 0 Å². The molecule has 0 unspecified atom stereocenters. The Kier molecular flexibility index (Phi) is 4.81.